The lowest BCUT2D eigenvalue weighted by Gasteiger charge is -2.07. The molecule has 4 N–H and O–H groups in total. The number of fused-ring (bicyclic) bond motifs is 1. The van der Waals surface area contributed by atoms with Gasteiger partial charge < -0.3 is 10.6 Å². The molecular weight excluding hydrogens is 248 g/mol. The first-order valence-corrected chi connectivity index (χ1v) is 5.87. The van der Waals surface area contributed by atoms with Gasteiger partial charge >= 0.3 is 0 Å². The lowest BCUT2D eigenvalue weighted by Crippen LogP contribution is -2.28. The second-order valence-corrected chi connectivity index (χ2v) is 3.96. The van der Waals surface area contributed by atoms with E-state index in [-0.39, 0.29) is 23.2 Å². The molecule has 1 aromatic carbocycles. The molecular formula is C12H14N4O3. The summed E-state index contributed by atoms with van der Waals surface area (Å²) in [5, 5.41) is 10.4. The minimum atomic E-state index is -0.450. The predicted octanol–water partition coefficient (Wildman–Crippen LogP) is -0.236. The van der Waals surface area contributed by atoms with E-state index >= 15 is 0 Å². The van der Waals surface area contributed by atoms with Gasteiger partial charge in [0.05, 0.1) is 23.0 Å². The predicted molar refractivity (Wildman–Crippen MR) is 72.4 cm³/mol. The highest BCUT2D eigenvalue weighted by Crippen LogP contribution is 2.16. The highest BCUT2D eigenvalue weighted by molar-refractivity contribution is 6.01. The average molecular weight is 262 g/mol. The van der Waals surface area contributed by atoms with E-state index < -0.39 is 11.1 Å². The molecule has 7 heteroatoms. The second-order valence-electron chi connectivity index (χ2n) is 3.96. The molecule has 1 aromatic heterocycles. The number of hydrogen-bond donors (Lipinski definition) is 4. The Kier molecular flexibility index (Phi) is 3.76. The van der Waals surface area contributed by atoms with Gasteiger partial charge in [0, 0.05) is 0 Å². The normalized spacial score (nSPS) is 10.6. The zero-order valence-electron chi connectivity index (χ0n) is 10.4. The van der Waals surface area contributed by atoms with Crippen LogP contribution in [0.15, 0.2) is 27.8 Å². The highest BCUT2D eigenvalue weighted by Gasteiger charge is 2.10. The van der Waals surface area contributed by atoms with Crippen LogP contribution in [-0.2, 0) is 4.79 Å². The van der Waals surface area contributed by atoms with Crippen molar-refractivity contribution >= 4 is 22.4 Å². The molecule has 19 heavy (non-hydrogen) atoms. The van der Waals surface area contributed by atoms with Crippen LogP contribution in [0.1, 0.15) is 6.92 Å². The number of amides is 1. The summed E-state index contributed by atoms with van der Waals surface area (Å²) < 4.78 is 0. The molecule has 0 aliphatic rings. The maximum Gasteiger partial charge on any atom is 0.272 e. The standard InChI is InChI=1S/C12H14N4O3/c1-2-13-6-9(17)14-8-5-3-4-7-10(8)12(19)16-15-11(7)18/h3-5,13H,2,6H2,1H3,(H,14,17)(H,15,18)(H,16,19). The first-order chi connectivity index (χ1) is 9.13. The summed E-state index contributed by atoms with van der Waals surface area (Å²) in [4.78, 5) is 35.0. The molecule has 0 aliphatic heterocycles. The number of likely N-dealkylation sites (N-methyl/N-ethyl adjacent to an activating group) is 1. The van der Waals surface area contributed by atoms with E-state index in [0.29, 0.717) is 12.2 Å². The summed E-state index contributed by atoms with van der Waals surface area (Å²) in [6.07, 6.45) is 0. The third-order valence-corrected chi connectivity index (χ3v) is 2.64. The van der Waals surface area contributed by atoms with E-state index in [1.165, 1.54) is 6.07 Å². The Labute approximate surface area is 108 Å². The summed E-state index contributed by atoms with van der Waals surface area (Å²) in [6, 6.07) is 4.73. The minimum Gasteiger partial charge on any atom is -0.324 e. The van der Waals surface area contributed by atoms with Gasteiger partial charge in [-0.15, -0.1) is 0 Å². The Bertz CT molecular complexity index is 717. The van der Waals surface area contributed by atoms with Crippen molar-refractivity contribution in [2.24, 2.45) is 0 Å². The Balaban J connectivity index is 2.44. The Morgan fingerprint density at radius 2 is 1.95 bits per heavy atom. The molecule has 0 saturated carbocycles. The number of H-pyrrole nitrogens is 2. The average Bonchev–Trinajstić information content (AvgIpc) is 2.41. The van der Waals surface area contributed by atoms with Crippen molar-refractivity contribution in [2.75, 3.05) is 18.4 Å². The van der Waals surface area contributed by atoms with Crippen LogP contribution in [0.5, 0.6) is 0 Å². The summed E-state index contributed by atoms with van der Waals surface area (Å²) in [6.45, 7) is 2.70. The van der Waals surface area contributed by atoms with Gasteiger partial charge in [0.1, 0.15) is 0 Å². The van der Waals surface area contributed by atoms with Crippen LogP contribution in [0, 0.1) is 0 Å². The van der Waals surface area contributed by atoms with Crippen molar-refractivity contribution in [1.29, 1.82) is 0 Å². The third kappa shape index (κ3) is 2.71. The summed E-state index contributed by atoms with van der Waals surface area (Å²) in [7, 11) is 0. The molecule has 0 atom stereocenters. The molecule has 2 aromatic rings. The lowest BCUT2D eigenvalue weighted by atomic mass is 10.1. The number of anilines is 1. The molecule has 0 saturated heterocycles. The SMILES string of the molecule is CCNCC(=O)Nc1cccc2c(=O)[nH][nH]c(=O)c12. The summed E-state index contributed by atoms with van der Waals surface area (Å²) in [5.41, 5.74) is -0.529. The van der Waals surface area contributed by atoms with Crippen LogP contribution in [-0.4, -0.2) is 29.2 Å². The van der Waals surface area contributed by atoms with E-state index in [1.54, 1.807) is 12.1 Å². The molecule has 2 rings (SSSR count). The number of carbonyl (C=O) groups is 1. The van der Waals surface area contributed by atoms with Crippen LogP contribution in [0.2, 0.25) is 0 Å². The Morgan fingerprint density at radius 1 is 1.21 bits per heavy atom. The number of aromatic amines is 2. The molecule has 1 amide bonds. The molecule has 0 bridgehead atoms. The van der Waals surface area contributed by atoms with Gasteiger partial charge in [-0.05, 0) is 18.7 Å². The van der Waals surface area contributed by atoms with Crippen LogP contribution in [0.4, 0.5) is 5.69 Å². The molecule has 0 spiro atoms. The maximum absolute atomic E-state index is 11.8. The van der Waals surface area contributed by atoms with E-state index in [4.69, 9.17) is 0 Å². The van der Waals surface area contributed by atoms with Crippen LogP contribution < -0.4 is 21.8 Å². The quantitative estimate of drug-likeness (QED) is 0.610. The molecule has 1 heterocycles. The number of benzene rings is 1. The van der Waals surface area contributed by atoms with Gasteiger partial charge in [0.25, 0.3) is 11.1 Å². The Morgan fingerprint density at radius 3 is 2.68 bits per heavy atom. The molecule has 0 aliphatic carbocycles. The lowest BCUT2D eigenvalue weighted by molar-refractivity contribution is -0.115. The number of hydrogen-bond acceptors (Lipinski definition) is 4. The fourth-order valence-corrected chi connectivity index (χ4v) is 1.77. The maximum atomic E-state index is 11.8. The van der Waals surface area contributed by atoms with Gasteiger partial charge in [-0.2, -0.15) is 0 Å². The topological polar surface area (TPSA) is 107 Å². The van der Waals surface area contributed by atoms with Crippen molar-refractivity contribution in [3.8, 4) is 0 Å². The number of nitrogens with one attached hydrogen (secondary N) is 4. The van der Waals surface area contributed by atoms with Crippen LogP contribution >= 0.6 is 0 Å². The van der Waals surface area contributed by atoms with E-state index in [9.17, 15) is 14.4 Å². The largest absolute Gasteiger partial charge is 0.324 e. The van der Waals surface area contributed by atoms with Crippen molar-refractivity contribution in [3.05, 3.63) is 38.9 Å². The second kappa shape index (κ2) is 5.49. The Hall–Kier alpha value is -2.41. The summed E-state index contributed by atoms with van der Waals surface area (Å²) >= 11 is 0. The van der Waals surface area contributed by atoms with Gasteiger partial charge in [-0.3, -0.25) is 24.6 Å². The van der Waals surface area contributed by atoms with Crippen molar-refractivity contribution in [1.82, 2.24) is 15.5 Å². The summed E-state index contributed by atoms with van der Waals surface area (Å²) in [5.74, 6) is -0.269. The van der Waals surface area contributed by atoms with Crippen molar-refractivity contribution < 1.29 is 4.79 Å². The first kappa shape index (κ1) is 13.0. The molecule has 0 fully saturated rings. The van der Waals surface area contributed by atoms with E-state index in [0.717, 1.165) is 0 Å². The van der Waals surface area contributed by atoms with Crippen molar-refractivity contribution in [3.63, 3.8) is 0 Å². The molecule has 0 radical (unpaired) electrons. The fourth-order valence-electron chi connectivity index (χ4n) is 1.77. The van der Waals surface area contributed by atoms with Gasteiger partial charge in [0.15, 0.2) is 0 Å². The third-order valence-electron chi connectivity index (χ3n) is 2.64. The minimum absolute atomic E-state index is 0.147. The van der Waals surface area contributed by atoms with Gasteiger partial charge in [0.2, 0.25) is 5.91 Å². The molecule has 100 valence electrons. The van der Waals surface area contributed by atoms with Crippen LogP contribution in [0.25, 0.3) is 10.8 Å². The smallest absolute Gasteiger partial charge is 0.272 e. The van der Waals surface area contributed by atoms with Crippen LogP contribution in [0.3, 0.4) is 0 Å². The number of aromatic nitrogens is 2. The van der Waals surface area contributed by atoms with Crippen molar-refractivity contribution in [2.45, 2.75) is 6.92 Å². The van der Waals surface area contributed by atoms with E-state index in [2.05, 4.69) is 20.8 Å². The first-order valence-electron chi connectivity index (χ1n) is 5.87. The van der Waals surface area contributed by atoms with E-state index in [1.807, 2.05) is 6.92 Å². The fraction of sp³-hybridized carbons (Fsp3) is 0.250. The zero-order chi connectivity index (χ0) is 13.8. The number of rotatable bonds is 4. The number of carbonyl (C=O) groups excluding carboxylic acids is 1. The molecule has 0 unspecified atom stereocenters. The monoisotopic (exact) mass is 262 g/mol. The van der Waals surface area contributed by atoms with Gasteiger partial charge in [-0.1, -0.05) is 13.0 Å². The van der Waals surface area contributed by atoms with Gasteiger partial charge in [-0.25, -0.2) is 0 Å². The highest BCUT2D eigenvalue weighted by atomic mass is 16.2. The zero-order valence-corrected chi connectivity index (χ0v) is 10.4. The molecule has 7 nitrogen and oxygen atoms in total.